The van der Waals surface area contributed by atoms with Crippen molar-refractivity contribution >= 4 is 17.0 Å². The maximum Gasteiger partial charge on any atom is 0.409 e. The van der Waals surface area contributed by atoms with Gasteiger partial charge in [0.2, 0.25) is 5.75 Å². The molecule has 64 valence electrons. The molecule has 1 aromatic rings. The lowest BCUT2D eigenvalue weighted by Gasteiger charge is -2.01. The standard InChI is InChI=1S/C7H3ClF2O2/c8-7(11)12-6-4(9)2-1-3-5(6)10/h1-3H. The summed E-state index contributed by atoms with van der Waals surface area (Å²) in [6, 6.07) is 3.06. The third kappa shape index (κ3) is 1.92. The first kappa shape index (κ1) is 8.93. The molecule has 1 rings (SSSR count). The maximum atomic E-state index is 12.6. The Balaban J connectivity index is 3.04. The zero-order valence-electron chi connectivity index (χ0n) is 5.68. The summed E-state index contributed by atoms with van der Waals surface area (Å²) in [5.41, 5.74) is -1.28. The molecule has 0 atom stereocenters. The second kappa shape index (κ2) is 3.49. The molecule has 0 saturated heterocycles. The SMILES string of the molecule is O=C(Cl)Oc1c(F)cccc1F. The Morgan fingerprint density at radius 2 is 1.83 bits per heavy atom. The van der Waals surface area contributed by atoms with Crippen molar-refractivity contribution in [3.63, 3.8) is 0 Å². The lowest BCUT2D eigenvalue weighted by Crippen LogP contribution is -2.00. The number of halogens is 3. The van der Waals surface area contributed by atoms with E-state index in [2.05, 4.69) is 4.74 Å². The van der Waals surface area contributed by atoms with Crippen molar-refractivity contribution in [1.29, 1.82) is 0 Å². The van der Waals surface area contributed by atoms with Crippen molar-refractivity contribution in [2.24, 2.45) is 0 Å². The van der Waals surface area contributed by atoms with Gasteiger partial charge in [0.25, 0.3) is 0 Å². The van der Waals surface area contributed by atoms with Gasteiger partial charge < -0.3 is 4.74 Å². The van der Waals surface area contributed by atoms with E-state index in [0.29, 0.717) is 0 Å². The minimum Gasteiger partial charge on any atom is -0.408 e. The first-order chi connectivity index (χ1) is 5.61. The van der Waals surface area contributed by atoms with Crippen LogP contribution in [0, 0.1) is 11.6 Å². The Hall–Kier alpha value is -1.16. The third-order valence-electron chi connectivity index (χ3n) is 1.10. The topological polar surface area (TPSA) is 26.3 Å². The molecule has 0 spiro atoms. The summed E-state index contributed by atoms with van der Waals surface area (Å²) in [7, 11) is 0. The molecule has 0 N–H and O–H groups in total. The van der Waals surface area contributed by atoms with Crippen LogP contribution in [0.4, 0.5) is 13.6 Å². The van der Waals surface area contributed by atoms with Crippen LogP contribution in [0.25, 0.3) is 0 Å². The summed E-state index contributed by atoms with van der Waals surface area (Å²) < 4.78 is 29.3. The molecule has 0 amide bonds. The number of ether oxygens (including phenoxy) is 1. The molecule has 0 aromatic heterocycles. The average Bonchev–Trinajstić information content (AvgIpc) is 1.97. The predicted octanol–water partition coefficient (Wildman–Crippen LogP) is 2.70. The molecule has 0 radical (unpaired) electrons. The molecule has 12 heavy (non-hydrogen) atoms. The number of hydrogen-bond acceptors (Lipinski definition) is 2. The van der Waals surface area contributed by atoms with Crippen LogP contribution in [0.3, 0.4) is 0 Å². The summed E-state index contributed by atoms with van der Waals surface area (Å²) >= 11 is 4.76. The minimum absolute atomic E-state index is 0.780. The predicted molar refractivity (Wildman–Crippen MR) is 38.2 cm³/mol. The van der Waals surface area contributed by atoms with Gasteiger partial charge in [0, 0.05) is 11.6 Å². The molecule has 0 heterocycles. The van der Waals surface area contributed by atoms with Crippen LogP contribution in [0.5, 0.6) is 5.75 Å². The van der Waals surface area contributed by atoms with Gasteiger partial charge in [-0.3, -0.25) is 0 Å². The summed E-state index contributed by atoms with van der Waals surface area (Å²) in [5.74, 6) is -2.72. The van der Waals surface area contributed by atoms with E-state index in [9.17, 15) is 13.6 Å². The molecule has 2 nitrogen and oxygen atoms in total. The van der Waals surface area contributed by atoms with Crippen molar-refractivity contribution in [1.82, 2.24) is 0 Å². The Morgan fingerprint density at radius 1 is 1.33 bits per heavy atom. The number of carbonyl (C=O) groups is 1. The van der Waals surface area contributed by atoms with E-state index in [-0.39, 0.29) is 0 Å². The lowest BCUT2D eigenvalue weighted by molar-refractivity contribution is 0.221. The quantitative estimate of drug-likeness (QED) is 0.640. The van der Waals surface area contributed by atoms with E-state index in [1.165, 1.54) is 0 Å². The van der Waals surface area contributed by atoms with E-state index < -0.39 is 22.8 Å². The van der Waals surface area contributed by atoms with Crippen LogP contribution in [0.15, 0.2) is 18.2 Å². The fourth-order valence-electron chi connectivity index (χ4n) is 0.660. The highest BCUT2D eigenvalue weighted by Gasteiger charge is 2.11. The molecule has 0 aliphatic heterocycles. The second-order valence-electron chi connectivity index (χ2n) is 1.89. The van der Waals surface area contributed by atoms with Crippen molar-refractivity contribution in [3.8, 4) is 5.75 Å². The Kier molecular flexibility index (Phi) is 2.60. The van der Waals surface area contributed by atoms with Crippen LogP contribution < -0.4 is 4.74 Å². The van der Waals surface area contributed by atoms with Crippen LogP contribution in [0.2, 0.25) is 0 Å². The third-order valence-corrected chi connectivity index (χ3v) is 1.18. The van der Waals surface area contributed by atoms with E-state index in [4.69, 9.17) is 11.6 Å². The van der Waals surface area contributed by atoms with Gasteiger partial charge in [-0.25, -0.2) is 13.6 Å². The monoisotopic (exact) mass is 192 g/mol. The average molecular weight is 193 g/mol. The molecule has 0 fully saturated rings. The maximum absolute atomic E-state index is 12.6. The zero-order valence-corrected chi connectivity index (χ0v) is 6.44. The zero-order chi connectivity index (χ0) is 9.14. The van der Waals surface area contributed by atoms with Crippen molar-refractivity contribution in [3.05, 3.63) is 29.8 Å². The van der Waals surface area contributed by atoms with Gasteiger partial charge in [0.1, 0.15) is 0 Å². The van der Waals surface area contributed by atoms with Crippen LogP contribution in [-0.4, -0.2) is 5.43 Å². The molecule has 1 aromatic carbocycles. The Bertz CT molecular complexity index is 294. The fourth-order valence-corrected chi connectivity index (χ4v) is 0.737. The molecular formula is C7H3ClF2O2. The number of para-hydroxylation sites is 1. The fraction of sp³-hybridized carbons (Fsp3) is 0. The number of hydrogen-bond donors (Lipinski definition) is 0. The van der Waals surface area contributed by atoms with Crippen LogP contribution in [0.1, 0.15) is 0 Å². The van der Waals surface area contributed by atoms with Gasteiger partial charge in [-0.2, -0.15) is 0 Å². The van der Waals surface area contributed by atoms with Gasteiger partial charge in [0.05, 0.1) is 0 Å². The van der Waals surface area contributed by atoms with E-state index in [0.717, 1.165) is 18.2 Å². The minimum atomic E-state index is -1.28. The largest absolute Gasteiger partial charge is 0.409 e. The van der Waals surface area contributed by atoms with E-state index in [1.807, 2.05) is 0 Å². The van der Waals surface area contributed by atoms with Gasteiger partial charge >= 0.3 is 5.43 Å². The number of rotatable bonds is 1. The van der Waals surface area contributed by atoms with E-state index >= 15 is 0 Å². The van der Waals surface area contributed by atoms with Gasteiger partial charge in [0.15, 0.2) is 11.6 Å². The summed E-state index contributed by atoms with van der Waals surface area (Å²) in [4.78, 5) is 10.1. The highest BCUT2D eigenvalue weighted by Crippen LogP contribution is 2.21. The van der Waals surface area contributed by atoms with Crippen LogP contribution >= 0.6 is 11.6 Å². The van der Waals surface area contributed by atoms with Gasteiger partial charge in [-0.15, -0.1) is 0 Å². The highest BCUT2D eigenvalue weighted by atomic mass is 35.5. The van der Waals surface area contributed by atoms with Crippen molar-refractivity contribution < 1.29 is 18.3 Å². The van der Waals surface area contributed by atoms with Crippen molar-refractivity contribution in [2.45, 2.75) is 0 Å². The number of benzene rings is 1. The second-order valence-corrected chi connectivity index (χ2v) is 2.20. The summed E-state index contributed by atoms with van der Waals surface area (Å²) in [5, 5.41) is 0. The highest BCUT2D eigenvalue weighted by molar-refractivity contribution is 6.61. The lowest BCUT2D eigenvalue weighted by atomic mass is 10.3. The smallest absolute Gasteiger partial charge is 0.408 e. The van der Waals surface area contributed by atoms with Crippen LogP contribution in [-0.2, 0) is 0 Å². The molecule has 0 aliphatic rings. The Morgan fingerprint density at radius 3 is 2.25 bits per heavy atom. The Labute approximate surface area is 71.7 Å². The first-order valence-electron chi connectivity index (χ1n) is 2.92. The molecule has 0 saturated carbocycles. The molecule has 0 unspecified atom stereocenters. The molecular weight excluding hydrogens is 190 g/mol. The van der Waals surface area contributed by atoms with Gasteiger partial charge in [-0.05, 0) is 12.1 Å². The number of carbonyl (C=O) groups excluding carboxylic acids is 1. The summed E-state index contributed by atoms with van der Waals surface area (Å²) in [6.07, 6.45) is 0. The normalized spacial score (nSPS) is 9.58. The first-order valence-corrected chi connectivity index (χ1v) is 3.30. The van der Waals surface area contributed by atoms with Gasteiger partial charge in [-0.1, -0.05) is 6.07 Å². The molecule has 0 aliphatic carbocycles. The molecule has 5 heteroatoms. The van der Waals surface area contributed by atoms with E-state index in [1.54, 1.807) is 0 Å². The summed E-state index contributed by atoms with van der Waals surface area (Å²) in [6.45, 7) is 0. The molecule has 0 bridgehead atoms. The van der Waals surface area contributed by atoms with Crippen molar-refractivity contribution in [2.75, 3.05) is 0 Å².